The predicted molar refractivity (Wildman–Crippen MR) is 73.8 cm³/mol. The molecule has 102 valence electrons. The molecule has 0 heterocycles. The predicted octanol–water partition coefficient (Wildman–Crippen LogP) is 2.80. The molecule has 0 aromatic heterocycles. The number of hydrogen-bond donors (Lipinski definition) is 1. The topological polar surface area (TPSA) is 71.4 Å². The van der Waals surface area contributed by atoms with Gasteiger partial charge in [-0.1, -0.05) is 24.3 Å². The van der Waals surface area contributed by atoms with E-state index in [-0.39, 0.29) is 36.0 Å². The Hall–Kier alpha value is -2.49. The van der Waals surface area contributed by atoms with Crippen molar-refractivity contribution in [1.29, 1.82) is 0 Å². The van der Waals surface area contributed by atoms with Gasteiger partial charge in [0.2, 0.25) is 0 Å². The highest BCUT2D eigenvalue weighted by molar-refractivity contribution is 6.24. The Morgan fingerprint density at radius 1 is 1.20 bits per heavy atom. The van der Waals surface area contributed by atoms with Crippen molar-refractivity contribution in [1.82, 2.24) is 0 Å². The van der Waals surface area contributed by atoms with Crippen LogP contribution in [0.3, 0.4) is 0 Å². The summed E-state index contributed by atoms with van der Waals surface area (Å²) in [6.07, 6.45) is 2.82. The van der Waals surface area contributed by atoms with E-state index in [1.807, 2.05) is 0 Å². The monoisotopic (exact) mass is 270 g/mol. The first-order valence-corrected chi connectivity index (χ1v) is 6.28. The van der Waals surface area contributed by atoms with Crippen LogP contribution in [-0.2, 0) is 4.79 Å². The number of Topliss-reactive ketones (excluding diaryl/α,β-unsaturated/α-hetero) is 1. The first-order chi connectivity index (χ1) is 9.49. The zero-order valence-electron chi connectivity index (χ0n) is 11.1. The highest BCUT2D eigenvalue weighted by atomic mass is 16.3. The minimum Gasteiger partial charge on any atom is -0.512 e. The van der Waals surface area contributed by atoms with Gasteiger partial charge in [0.25, 0.3) is 0 Å². The van der Waals surface area contributed by atoms with E-state index in [1.165, 1.54) is 13.0 Å². The van der Waals surface area contributed by atoms with E-state index >= 15 is 0 Å². The van der Waals surface area contributed by atoms with Gasteiger partial charge < -0.3 is 5.11 Å². The van der Waals surface area contributed by atoms with Gasteiger partial charge in [0.1, 0.15) is 0 Å². The van der Waals surface area contributed by atoms with Crippen molar-refractivity contribution in [2.75, 3.05) is 0 Å². The molecular formula is C16H14O4. The molecule has 1 N–H and O–H groups in total. The van der Waals surface area contributed by atoms with Crippen LogP contribution in [0.25, 0.3) is 0 Å². The second-order valence-corrected chi connectivity index (χ2v) is 4.65. The van der Waals surface area contributed by atoms with Crippen molar-refractivity contribution in [3.05, 3.63) is 58.9 Å². The summed E-state index contributed by atoms with van der Waals surface area (Å²) in [5.41, 5.74) is 1.16. The molecule has 0 fully saturated rings. The molecule has 1 aliphatic carbocycles. The standard InChI is InChI=1S/C16H14O4/c1-10(17)8-12(18)7-6-11-9-15(19)13-4-2-3-5-14(13)16(11)20/h2-5,8-9,18H,6-7H2,1H3/b12-8-. The Kier molecular flexibility index (Phi) is 3.94. The lowest BCUT2D eigenvalue weighted by Crippen LogP contribution is -2.16. The molecule has 0 aliphatic heterocycles. The van der Waals surface area contributed by atoms with Gasteiger partial charge >= 0.3 is 0 Å². The van der Waals surface area contributed by atoms with E-state index < -0.39 is 0 Å². The van der Waals surface area contributed by atoms with Crippen LogP contribution in [0.5, 0.6) is 0 Å². The van der Waals surface area contributed by atoms with Crippen LogP contribution in [0.4, 0.5) is 0 Å². The third kappa shape index (κ3) is 2.91. The molecule has 1 aromatic carbocycles. The number of allylic oxidation sites excluding steroid dienone is 4. The van der Waals surface area contributed by atoms with E-state index in [0.717, 1.165) is 6.08 Å². The number of rotatable bonds is 4. The van der Waals surface area contributed by atoms with Crippen LogP contribution in [-0.4, -0.2) is 22.5 Å². The van der Waals surface area contributed by atoms with Crippen molar-refractivity contribution in [3.63, 3.8) is 0 Å². The van der Waals surface area contributed by atoms with Gasteiger partial charge in [0.15, 0.2) is 17.3 Å². The average Bonchev–Trinajstić information content (AvgIpc) is 2.40. The molecule has 0 spiro atoms. The quantitative estimate of drug-likeness (QED) is 0.674. The highest BCUT2D eigenvalue weighted by Gasteiger charge is 2.24. The van der Waals surface area contributed by atoms with Gasteiger partial charge in [-0.3, -0.25) is 14.4 Å². The summed E-state index contributed by atoms with van der Waals surface area (Å²) in [4.78, 5) is 34.9. The van der Waals surface area contributed by atoms with Crippen LogP contribution < -0.4 is 0 Å². The van der Waals surface area contributed by atoms with Crippen LogP contribution in [0, 0.1) is 0 Å². The molecule has 2 rings (SSSR count). The van der Waals surface area contributed by atoms with Gasteiger partial charge in [-0.2, -0.15) is 0 Å². The largest absolute Gasteiger partial charge is 0.512 e. The first-order valence-electron chi connectivity index (χ1n) is 6.28. The molecule has 0 atom stereocenters. The summed E-state index contributed by atoms with van der Waals surface area (Å²) in [7, 11) is 0. The van der Waals surface area contributed by atoms with E-state index in [1.54, 1.807) is 24.3 Å². The van der Waals surface area contributed by atoms with Gasteiger partial charge in [-0.05, 0) is 19.4 Å². The van der Waals surface area contributed by atoms with Crippen molar-refractivity contribution in [3.8, 4) is 0 Å². The second kappa shape index (κ2) is 5.65. The Bertz CT molecular complexity index is 650. The third-order valence-corrected chi connectivity index (χ3v) is 3.05. The molecule has 4 heteroatoms. The zero-order valence-corrected chi connectivity index (χ0v) is 11.1. The third-order valence-electron chi connectivity index (χ3n) is 3.05. The lowest BCUT2D eigenvalue weighted by Gasteiger charge is -2.14. The number of ketones is 3. The van der Waals surface area contributed by atoms with Crippen molar-refractivity contribution < 1.29 is 19.5 Å². The molecule has 0 saturated heterocycles. The Morgan fingerprint density at radius 2 is 1.85 bits per heavy atom. The number of hydrogen-bond acceptors (Lipinski definition) is 4. The summed E-state index contributed by atoms with van der Waals surface area (Å²) < 4.78 is 0. The van der Waals surface area contributed by atoms with Gasteiger partial charge in [0, 0.05) is 29.2 Å². The lowest BCUT2D eigenvalue weighted by atomic mass is 9.87. The Balaban J connectivity index is 2.17. The van der Waals surface area contributed by atoms with Crippen LogP contribution in [0.15, 0.2) is 47.7 Å². The molecule has 0 unspecified atom stereocenters. The molecule has 0 saturated carbocycles. The van der Waals surface area contributed by atoms with Crippen LogP contribution >= 0.6 is 0 Å². The minimum absolute atomic E-state index is 0.0856. The number of aliphatic hydroxyl groups excluding tert-OH is 1. The van der Waals surface area contributed by atoms with E-state index in [9.17, 15) is 19.5 Å². The fourth-order valence-corrected chi connectivity index (χ4v) is 2.13. The van der Waals surface area contributed by atoms with E-state index in [4.69, 9.17) is 0 Å². The molecule has 1 aromatic rings. The first kappa shape index (κ1) is 13.9. The Morgan fingerprint density at radius 3 is 2.50 bits per heavy atom. The number of fused-ring (bicyclic) bond motifs is 1. The fourth-order valence-electron chi connectivity index (χ4n) is 2.13. The number of carbonyl (C=O) groups excluding carboxylic acids is 3. The lowest BCUT2D eigenvalue weighted by molar-refractivity contribution is -0.112. The van der Waals surface area contributed by atoms with Gasteiger partial charge in [-0.15, -0.1) is 0 Å². The van der Waals surface area contributed by atoms with Gasteiger partial charge in [-0.25, -0.2) is 0 Å². The molecule has 20 heavy (non-hydrogen) atoms. The highest BCUT2D eigenvalue weighted by Crippen LogP contribution is 2.24. The molecular weight excluding hydrogens is 256 g/mol. The van der Waals surface area contributed by atoms with Crippen molar-refractivity contribution >= 4 is 17.3 Å². The van der Waals surface area contributed by atoms with Crippen molar-refractivity contribution in [2.45, 2.75) is 19.8 Å². The minimum atomic E-state index is -0.257. The fraction of sp³-hybridized carbons (Fsp3) is 0.188. The number of carbonyl (C=O) groups is 3. The Labute approximate surface area is 116 Å². The average molecular weight is 270 g/mol. The molecule has 4 nitrogen and oxygen atoms in total. The maximum absolute atomic E-state index is 12.2. The number of aliphatic hydroxyl groups is 1. The summed E-state index contributed by atoms with van der Waals surface area (Å²) >= 11 is 0. The maximum Gasteiger partial charge on any atom is 0.189 e. The maximum atomic E-state index is 12.2. The summed E-state index contributed by atoms with van der Waals surface area (Å²) in [6, 6.07) is 6.66. The second-order valence-electron chi connectivity index (χ2n) is 4.65. The summed E-state index contributed by atoms with van der Waals surface area (Å²) in [5, 5.41) is 9.51. The smallest absolute Gasteiger partial charge is 0.189 e. The molecule has 1 aliphatic rings. The van der Waals surface area contributed by atoms with E-state index in [0.29, 0.717) is 16.7 Å². The molecule has 0 bridgehead atoms. The van der Waals surface area contributed by atoms with E-state index in [2.05, 4.69) is 0 Å². The number of benzene rings is 1. The zero-order chi connectivity index (χ0) is 14.7. The van der Waals surface area contributed by atoms with Gasteiger partial charge in [0.05, 0.1) is 5.76 Å². The SMILES string of the molecule is CC(=O)/C=C(\O)CCC1=CC(=O)c2ccccc2C1=O. The van der Waals surface area contributed by atoms with Crippen LogP contribution in [0.2, 0.25) is 0 Å². The van der Waals surface area contributed by atoms with Crippen molar-refractivity contribution in [2.24, 2.45) is 0 Å². The summed E-state index contributed by atoms with van der Waals surface area (Å²) in [5.74, 6) is -0.744. The molecule has 0 radical (unpaired) electrons. The normalized spacial score (nSPS) is 14.8. The molecule has 0 amide bonds. The van der Waals surface area contributed by atoms with Crippen LogP contribution in [0.1, 0.15) is 40.5 Å². The summed E-state index contributed by atoms with van der Waals surface area (Å²) in [6.45, 7) is 1.33.